The number of hydrogen-bond donors (Lipinski definition) is 1. The number of anilines is 1. The smallest absolute Gasteiger partial charge is 0.348 e. The van der Waals surface area contributed by atoms with Gasteiger partial charge in [0.05, 0.1) is 29.9 Å². The van der Waals surface area contributed by atoms with Crippen molar-refractivity contribution in [3.8, 4) is 11.8 Å². The molecule has 1 N–H and O–H groups in total. The average molecular weight is 519 g/mol. The predicted octanol–water partition coefficient (Wildman–Crippen LogP) is 3.88. The van der Waals surface area contributed by atoms with E-state index in [9.17, 15) is 19.5 Å². The Morgan fingerprint density at radius 1 is 1.17 bits per heavy atom. The highest BCUT2D eigenvalue weighted by atomic mass is 32.1. The Kier molecular flexibility index (Phi) is 9.94. The summed E-state index contributed by atoms with van der Waals surface area (Å²) >= 11 is 1.03. The molecule has 1 aliphatic carbocycles. The minimum Gasteiger partial charge on any atom is -0.477 e. The first kappa shape index (κ1) is 28.2. The maximum Gasteiger partial charge on any atom is 0.348 e. The molecular weight excluding hydrogens is 480 g/mol. The fourth-order valence-corrected chi connectivity index (χ4v) is 5.57. The van der Waals surface area contributed by atoms with Gasteiger partial charge in [-0.15, -0.1) is 11.3 Å². The zero-order chi connectivity index (χ0) is 26.4. The molecule has 2 heterocycles. The van der Waals surface area contributed by atoms with E-state index in [4.69, 9.17) is 9.47 Å². The van der Waals surface area contributed by atoms with Crippen molar-refractivity contribution < 1.29 is 29.0 Å². The molecule has 1 saturated heterocycles. The number of carboxylic acid groups (broad SMARTS) is 1. The van der Waals surface area contributed by atoms with Crippen molar-refractivity contribution in [2.24, 2.45) is 17.8 Å². The molecule has 2 amide bonds. The molecule has 1 aromatic heterocycles. The molecule has 0 bridgehead atoms. The third-order valence-electron chi connectivity index (χ3n) is 6.92. The van der Waals surface area contributed by atoms with Gasteiger partial charge >= 0.3 is 5.97 Å². The van der Waals surface area contributed by atoms with Crippen molar-refractivity contribution in [3.63, 3.8) is 0 Å². The first-order chi connectivity index (χ1) is 17.1. The highest BCUT2D eigenvalue weighted by Gasteiger charge is 2.43. The van der Waals surface area contributed by atoms with E-state index in [0.29, 0.717) is 49.9 Å². The van der Waals surface area contributed by atoms with Gasteiger partial charge in [0.25, 0.3) is 0 Å². The molecule has 2 fully saturated rings. The Labute approximate surface area is 217 Å². The van der Waals surface area contributed by atoms with E-state index in [1.807, 2.05) is 13.8 Å². The van der Waals surface area contributed by atoms with E-state index in [-0.39, 0.29) is 34.2 Å². The normalized spacial score (nSPS) is 21.9. The van der Waals surface area contributed by atoms with Gasteiger partial charge in [-0.25, -0.2) is 4.79 Å². The van der Waals surface area contributed by atoms with E-state index in [1.54, 1.807) is 17.9 Å². The van der Waals surface area contributed by atoms with Crippen LogP contribution >= 0.6 is 11.3 Å². The fourth-order valence-electron chi connectivity index (χ4n) is 4.72. The molecule has 2 aliphatic rings. The summed E-state index contributed by atoms with van der Waals surface area (Å²) < 4.78 is 11.0. The third kappa shape index (κ3) is 6.67. The van der Waals surface area contributed by atoms with Crippen LogP contribution in [0.5, 0.6) is 0 Å². The molecular formula is C27H38N2O6S. The molecule has 1 saturated carbocycles. The number of thiophene rings is 1. The van der Waals surface area contributed by atoms with E-state index < -0.39 is 18.1 Å². The van der Waals surface area contributed by atoms with Gasteiger partial charge in [0.1, 0.15) is 10.9 Å². The Hall–Kier alpha value is -2.41. The van der Waals surface area contributed by atoms with Crippen molar-refractivity contribution in [1.82, 2.24) is 4.90 Å². The number of methoxy groups -OCH3 is 1. The van der Waals surface area contributed by atoms with E-state index in [0.717, 1.165) is 24.2 Å². The number of carbonyl (C=O) groups excluding carboxylic acids is 2. The molecule has 1 aliphatic heterocycles. The Balaban J connectivity index is 2.13. The van der Waals surface area contributed by atoms with Crippen molar-refractivity contribution in [2.75, 3.05) is 38.3 Å². The van der Waals surface area contributed by atoms with Crippen molar-refractivity contribution in [1.29, 1.82) is 0 Å². The fraction of sp³-hybridized carbons (Fsp3) is 0.667. The van der Waals surface area contributed by atoms with Crippen LogP contribution in [0.1, 0.15) is 67.9 Å². The standard InChI is InChI=1S/C27H38N2O6S/c1-17(2)6-11-21-16-22(24(36-21)27(32)33)29(25(30)20-9-7-18(3)8-10-20)23(19(4)34-5)26(31)28-12-14-35-15-13-28/h16-20,23H,7-10,12-15H2,1-5H3,(H,32,33)/t18?,19-,20?,23+/m1/s1. The van der Waals surface area contributed by atoms with Crippen LogP contribution in [0.25, 0.3) is 0 Å². The molecule has 1 aromatic rings. The molecule has 0 aromatic carbocycles. The number of amides is 2. The lowest BCUT2D eigenvalue weighted by molar-refractivity contribution is -0.142. The molecule has 9 heteroatoms. The summed E-state index contributed by atoms with van der Waals surface area (Å²) in [5.41, 5.74) is 0.222. The third-order valence-corrected chi connectivity index (χ3v) is 7.95. The van der Waals surface area contributed by atoms with Gasteiger partial charge in [0.15, 0.2) is 0 Å². The number of aromatic carboxylic acids is 1. The highest BCUT2D eigenvalue weighted by molar-refractivity contribution is 7.15. The summed E-state index contributed by atoms with van der Waals surface area (Å²) in [6.45, 7) is 9.50. The van der Waals surface area contributed by atoms with Crippen LogP contribution in [-0.2, 0) is 19.1 Å². The van der Waals surface area contributed by atoms with Gasteiger partial charge in [-0.2, -0.15) is 0 Å². The van der Waals surface area contributed by atoms with Crippen LogP contribution in [0.2, 0.25) is 0 Å². The van der Waals surface area contributed by atoms with Gasteiger partial charge in [0.2, 0.25) is 11.8 Å². The number of ether oxygens (including phenoxy) is 2. The van der Waals surface area contributed by atoms with E-state index >= 15 is 0 Å². The molecule has 36 heavy (non-hydrogen) atoms. The molecule has 0 spiro atoms. The number of nitrogens with zero attached hydrogens (tertiary/aromatic N) is 2. The first-order valence-electron chi connectivity index (χ1n) is 12.7. The molecule has 2 atom stereocenters. The average Bonchev–Trinajstić information content (AvgIpc) is 3.30. The van der Waals surface area contributed by atoms with Crippen LogP contribution in [0, 0.1) is 29.6 Å². The zero-order valence-electron chi connectivity index (χ0n) is 21.9. The largest absolute Gasteiger partial charge is 0.477 e. The molecule has 0 unspecified atom stereocenters. The highest BCUT2D eigenvalue weighted by Crippen LogP contribution is 2.37. The Bertz CT molecular complexity index is 996. The second-order valence-electron chi connectivity index (χ2n) is 10.0. The molecule has 198 valence electrons. The quantitative estimate of drug-likeness (QED) is 0.551. The summed E-state index contributed by atoms with van der Waals surface area (Å²) in [4.78, 5) is 44.0. The lowest BCUT2D eigenvalue weighted by atomic mass is 9.82. The SMILES string of the molecule is CO[C@H](C)[C@@H](C(=O)N1CCOCC1)N(C(=O)C1CCC(C)CC1)c1cc(C#CC(C)C)sc1C(=O)O. The Morgan fingerprint density at radius 3 is 2.36 bits per heavy atom. The van der Waals surface area contributed by atoms with E-state index in [2.05, 4.69) is 18.8 Å². The minimum absolute atomic E-state index is 0.00339. The number of morpholine rings is 1. The molecule has 3 rings (SSSR count). The molecule has 0 radical (unpaired) electrons. The van der Waals surface area contributed by atoms with Gasteiger partial charge in [-0.05, 0) is 44.6 Å². The van der Waals surface area contributed by atoms with Crippen LogP contribution in [-0.4, -0.2) is 73.3 Å². The van der Waals surface area contributed by atoms with E-state index in [1.165, 1.54) is 12.0 Å². The van der Waals surface area contributed by atoms with Gasteiger partial charge in [-0.1, -0.05) is 32.6 Å². The molecule has 8 nitrogen and oxygen atoms in total. The zero-order valence-corrected chi connectivity index (χ0v) is 22.7. The monoisotopic (exact) mass is 518 g/mol. The van der Waals surface area contributed by atoms with Gasteiger partial charge in [-0.3, -0.25) is 14.5 Å². The number of carboxylic acids is 1. The van der Waals surface area contributed by atoms with Crippen molar-refractivity contribution in [3.05, 3.63) is 15.8 Å². The summed E-state index contributed by atoms with van der Waals surface area (Å²) in [6, 6.07) is 0.646. The topological polar surface area (TPSA) is 96.4 Å². The lowest BCUT2D eigenvalue weighted by Gasteiger charge is -2.40. The van der Waals surface area contributed by atoms with Crippen molar-refractivity contribution >= 4 is 34.8 Å². The minimum atomic E-state index is -1.15. The maximum absolute atomic E-state index is 14.2. The van der Waals surface area contributed by atoms with Crippen LogP contribution in [0.3, 0.4) is 0 Å². The predicted molar refractivity (Wildman–Crippen MR) is 139 cm³/mol. The summed E-state index contributed by atoms with van der Waals surface area (Å²) in [7, 11) is 1.50. The number of carbonyl (C=O) groups is 3. The summed E-state index contributed by atoms with van der Waals surface area (Å²) in [5.74, 6) is 4.84. The second kappa shape index (κ2) is 12.7. The van der Waals surface area contributed by atoms with Gasteiger partial charge < -0.3 is 19.5 Å². The van der Waals surface area contributed by atoms with Crippen LogP contribution < -0.4 is 4.90 Å². The second-order valence-corrected chi connectivity index (χ2v) is 11.1. The number of rotatable bonds is 7. The lowest BCUT2D eigenvalue weighted by Crippen LogP contribution is -2.59. The first-order valence-corrected chi connectivity index (χ1v) is 13.6. The van der Waals surface area contributed by atoms with Crippen LogP contribution in [0.15, 0.2) is 6.07 Å². The summed E-state index contributed by atoms with van der Waals surface area (Å²) in [6.07, 6.45) is 2.61. The summed E-state index contributed by atoms with van der Waals surface area (Å²) in [5, 5.41) is 10.1. The van der Waals surface area contributed by atoms with Crippen molar-refractivity contribution in [2.45, 2.75) is 65.5 Å². The van der Waals surface area contributed by atoms with Crippen LogP contribution in [0.4, 0.5) is 5.69 Å². The number of hydrogen-bond acceptors (Lipinski definition) is 6. The maximum atomic E-state index is 14.2. The van der Waals surface area contributed by atoms with Gasteiger partial charge in [0, 0.05) is 32.0 Å². The Morgan fingerprint density at radius 2 is 1.81 bits per heavy atom.